The molecule has 0 aliphatic carbocycles. The van der Waals surface area contributed by atoms with Crippen molar-refractivity contribution in [3.05, 3.63) is 30.5 Å². The van der Waals surface area contributed by atoms with E-state index in [1.54, 1.807) is 0 Å². The zero-order chi connectivity index (χ0) is 6.97. The number of fused-ring (bicyclic) bond motifs is 1. The predicted octanol–water partition coefficient (Wildman–Crippen LogP) is 2.17. The maximum absolute atomic E-state index is 5.57. The first-order valence-electron chi connectivity index (χ1n) is 3.19. The maximum Gasteiger partial charge on any atom is 0.0455 e. The van der Waals surface area contributed by atoms with Crippen molar-refractivity contribution >= 4 is 29.0 Å². The quantitative estimate of drug-likeness (QED) is 0.582. The van der Waals surface area contributed by atoms with E-state index in [0.29, 0.717) is 0 Å². The van der Waals surface area contributed by atoms with Crippen molar-refractivity contribution in [3.8, 4) is 0 Å². The lowest BCUT2D eigenvalue weighted by Crippen LogP contribution is -1.81. The van der Waals surface area contributed by atoms with Gasteiger partial charge in [-0.05, 0) is 24.3 Å². The van der Waals surface area contributed by atoms with Gasteiger partial charge in [-0.25, -0.2) is 0 Å². The molecule has 1 aromatic heterocycles. The molecular formula is C8H9ClN2. The highest BCUT2D eigenvalue weighted by molar-refractivity contribution is 5.85. The molecule has 0 saturated heterocycles. The Labute approximate surface area is 70.8 Å². The summed E-state index contributed by atoms with van der Waals surface area (Å²) in [5.74, 6) is 0. The van der Waals surface area contributed by atoms with Crippen LogP contribution in [0.5, 0.6) is 0 Å². The normalized spacial score (nSPS) is 9.45. The molecule has 0 bridgehead atoms. The van der Waals surface area contributed by atoms with E-state index >= 15 is 0 Å². The topological polar surface area (TPSA) is 41.8 Å². The number of aromatic nitrogens is 1. The van der Waals surface area contributed by atoms with Gasteiger partial charge in [0.05, 0.1) is 0 Å². The number of nitrogen functional groups attached to an aromatic ring is 1. The van der Waals surface area contributed by atoms with Gasteiger partial charge in [0.1, 0.15) is 0 Å². The number of anilines is 1. The molecule has 0 saturated carbocycles. The molecule has 2 nitrogen and oxygen atoms in total. The smallest absolute Gasteiger partial charge is 0.0455 e. The van der Waals surface area contributed by atoms with Crippen LogP contribution >= 0.6 is 12.4 Å². The Bertz CT molecular complexity index is 354. The molecule has 1 aromatic carbocycles. The molecular weight excluding hydrogens is 160 g/mol. The van der Waals surface area contributed by atoms with E-state index in [9.17, 15) is 0 Å². The highest BCUT2D eigenvalue weighted by Crippen LogP contribution is 2.14. The first kappa shape index (κ1) is 7.95. The van der Waals surface area contributed by atoms with Gasteiger partial charge in [-0.2, -0.15) is 0 Å². The number of H-pyrrole nitrogens is 1. The number of hydrogen-bond acceptors (Lipinski definition) is 1. The van der Waals surface area contributed by atoms with Crippen LogP contribution in [0.4, 0.5) is 5.69 Å². The highest BCUT2D eigenvalue weighted by atomic mass is 35.5. The van der Waals surface area contributed by atoms with Gasteiger partial charge in [-0.15, -0.1) is 12.4 Å². The number of aromatic amines is 1. The average molecular weight is 169 g/mol. The lowest BCUT2D eigenvalue weighted by molar-refractivity contribution is 1.48. The maximum atomic E-state index is 5.57. The Morgan fingerprint density at radius 3 is 2.82 bits per heavy atom. The van der Waals surface area contributed by atoms with Crippen LogP contribution in [-0.4, -0.2) is 4.98 Å². The lowest BCUT2D eigenvalue weighted by Gasteiger charge is -1.90. The standard InChI is InChI=1S/C8H8N2.ClH/c9-7-1-2-8-6(5-7)3-4-10-8;/h1-5,10H,9H2;1H. The largest absolute Gasteiger partial charge is 0.399 e. The summed E-state index contributed by atoms with van der Waals surface area (Å²) in [5.41, 5.74) is 7.51. The van der Waals surface area contributed by atoms with E-state index in [-0.39, 0.29) is 12.4 Å². The molecule has 0 atom stereocenters. The molecule has 0 spiro atoms. The Balaban J connectivity index is 0.000000605. The number of halogens is 1. The molecule has 11 heavy (non-hydrogen) atoms. The van der Waals surface area contributed by atoms with E-state index in [2.05, 4.69) is 4.98 Å². The molecule has 2 aromatic rings. The van der Waals surface area contributed by atoms with E-state index in [0.717, 1.165) is 11.2 Å². The van der Waals surface area contributed by atoms with Gasteiger partial charge >= 0.3 is 0 Å². The average Bonchev–Trinajstić information content (AvgIpc) is 2.33. The van der Waals surface area contributed by atoms with Crippen molar-refractivity contribution in [1.82, 2.24) is 4.98 Å². The van der Waals surface area contributed by atoms with Crippen LogP contribution in [0, 0.1) is 0 Å². The first-order chi connectivity index (χ1) is 4.86. The predicted molar refractivity (Wildman–Crippen MR) is 50.0 cm³/mol. The Morgan fingerprint density at radius 1 is 1.18 bits per heavy atom. The summed E-state index contributed by atoms with van der Waals surface area (Å²) in [6.45, 7) is 0. The summed E-state index contributed by atoms with van der Waals surface area (Å²) < 4.78 is 0. The van der Waals surface area contributed by atoms with Crippen molar-refractivity contribution in [2.75, 3.05) is 5.73 Å². The summed E-state index contributed by atoms with van der Waals surface area (Å²) in [6, 6.07) is 7.82. The number of rotatable bonds is 0. The lowest BCUT2D eigenvalue weighted by atomic mass is 10.2. The van der Waals surface area contributed by atoms with Gasteiger partial charge in [0.2, 0.25) is 0 Å². The van der Waals surface area contributed by atoms with E-state index in [4.69, 9.17) is 5.73 Å². The summed E-state index contributed by atoms with van der Waals surface area (Å²) in [7, 11) is 0. The van der Waals surface area contributed by atoms with Crippen LogP contribution < -0.4 is 5.73 Å². The van der Waals surface area contributed by atoms with Crippen LogP contribution in [0.15, 0.2) is 30.5 Å². The Kier molecular flexibility index (Phi) is 2.06. The number of hydrogen-bond donors (Lipinski definition) is 2. The molecule has 0 aliphatic rings. The van der Waals surface area contributed by atoms with Crippen molar-refractivity contribution in [1.29, 1.82) is 0 Å². The third kappa shape index (κ3) is 1.30. The Morgan fingerprint density at radius 2 is 2.00 bits per heavy atom. The van der Waals surface area contributed by atoms with Crippen LogP contribution in [-0.2, 0) is 0 Å². The van der Waals surface area contributed by atoms with Gasteiger partial charge in [-0.3, -0.25) is 0 Å². The second-order valence-corrected chi connectivity index (χ2v) is 2.32. The van der Waals surface area contributed by atoms with Crippen molar-refractivity contribution < 1.29 is 0 Å². The molecule has 3 heteroatoms. The summed E-state index contributed by atoms with van der Waals surface area (Å²) in [4.78, 5) is 3.09. The van der Waals surface area contributed by atoms with Crippen molar-refractivity contribution in [2.45, 2.75) is 0 Å². The third-order valence-electron chi connectivity index (χ3n) is 1.58. The highest BCUT2D eigenvalue weighted by Gasteiger charge is 1.91. The van der Waals surface area contributed by atoms with Crippen molar-refractivity contribution in [2.24, 2.45) is 0 Å². The van der Waals surface area contributed by atoms with E-state index in [1.807, 2.05) is 30.5 Å². The minimum absolute atomic E-state index is 0. The Hall–Kier alpha value is -1.15. The first-order valence-corrected chi connectivity index (χ1v) is 3.19. The molecule has 2 rings (SSSR count). The number of benzene rings is 1. The van der Waals surface area contributed by atoms with Crippen LogP contribution in [0.25, 0.3) is 10.9 Å². The third-order valence-corrected chi connectivity index (χ3v) is 1.58. The molecule has 0 unspecified atom stereocenters. The number of nitrogens with one attached hydrogen (secondary N) is 1. The fourth-order valence-electron chi connectivity index (χ4n) is 1.07. The molecule has 0 radical (unpaired) electrons. The van der Waals surface area contributed by atoms with Gasteiger partial charge in [0, 0.05) is 22.8 Å². The second kappa shape index (κ2) is 2.84. The van der Waals surface area contributed by atoms with Crippen LogP contribution in [0.2, 0.25) is 0 Å². The SMILES string of the molecule is Cl.Nc1ccc2[nH]ccc2c1. The van der Waals surface area contributed by atoms with E-state index in [1.165, 1.54) is 5.39 Å². The molecule has 0 fully saturated rings. The molecule has 0 amide bonds. The van der Waals surface area contributed by atoms with Gasteiger partial charge in [-0.1, -0.05) is 0 Å². The monoisotopic (exact) mass is 168 g/mol. The molecule has 58 valence electrons. The summed E-state index contributed by atoms with van der Waals surface area (Å²) >= 11 is 0. The minimum Gasteiger partial charge on any atom is -0.399 e. The fourth-order valence-corrected chi connectivity index (χ4v) is 1.07. The van der Waals surface area contributed by atoms with Crippen LogP contribution in [0.1, 0.15) is 0 Å². The molecule has 3 N–H and O–H groups in total. The van der Waals surface area contributed by atoms with Crippen LogP contribution in [0.3, 0.4) is 0 Å². The zero-order valence-electron chi connectivity index (χ0n) is 5.87. The van der Waals surface area contributed by atoms with E-state index < -0.39 is 0 Å². The number of nitrogens with two attached hydrogens (primary N) is 1. The second-order valence-electron chi connectivity index (χ2n) is 2.32. The molecule has 0 aliphatic heterocycles. The fraction of sp³-hybridized carbons (Fsp3) is 0. The minimum atomic E-state index is 0. The van der Waals surface area contributed by atoms with Gasteiger partial charge in [0.15, 0.2) is 0 Å². The van der Waals surface area contributed by atoms with Crippen molar-refractivity contribution in [3.63, 3.8) is 0 Å². The van der Waals surface area contributed by atoms with Gasteiger partial charge in [0.25, 0.3) is 0 Å². The zero-order valence-corrected chi connectivity index (χ0v) is 6.69. The molecule has 1 heterocycles. The van der Waals surface area contributed by atoms with Gasteiger partial charge < -0.3 is 10.7 Å². The summed E-state index contributed by atoms with van der Waals surface area (Å²) in [5, 5.41) is 1.17. The summed E-state index contributed by atoms with van der Waals surface area (Å²) in [6.07, 6.45) is 1.91.